The number of rotatable bonds is 2. The predicted octanol–water partition coefficient (Wildman–Crippen LogP) is 1.98. The van der Waals surface area contributed by atoms with Crippen LogP contribution in [0.2, 0.25) is 0 Å². The minimum Gasteiger partial charge on any atom is -0.399 e. The van der Waals surface area contributed by atoms with E-state index in [9.17, 15) is 0 Å². The zero-order chi connectivity index (χ0) is 12.7. The molecule has 17 heavy (non-hydrogen) atoms. The lowest BCUT2D eigenvalue weighted by Crippen LogP contribution is -2.41. The molecule has 4 heteroatoms. The summed E-state index contributed by atoms with van der Waals surface area (Å²) in [7, 11) is -0.347. The Balaban J connectivity index is 2.28. The number of hydrogen-bond donors (Lipinski definition) is 1. The first-order chi connectivity index (χ1) is 7.86. The van der Waals surface area contributed by atoms with Crippen LogP contribution in [0.1, 0.15) is 33.3 Å². The summed E-state index contributed by atoms with van der Waals surface area (Å²) in [6, 6.07) is 7.70. The van der Waals surface area contributed by atoms with Crippen molar-refractivity contribution in [2.24, 2.45) is 0 Å². The van der Waals surface area contributed by atoms with E-state index in [0.29, 0.717) is 0 Å². The largest absolute Gasteiger partial charge is 0.494 e. The van der Waals surface area contributed by atoms with Crippen molar-refractivity contribution < 1.29 is 9.31 Å². The van der Waals surface area contributed by atoms with Crippen LogP contribution in [0, 0.1) is 5.41 Å². The van der Waals surface area contributed by atoms with Gasteiger partial charge in [0.15, 0.2) is 0 Å². The molecule has 3 nitrogen and oxygen atoms in total. The number of hydrogen-bond acceptors (Lipinski definition) is 3. The Morgan fingerprint density at radius 1 is 1.12 bits per heavy atom. The molecular formula is C13H18BNO2. The van der Waals surface area contributed by atoms with Crippen molar-refractivity contribution in [2.45, 2.75) is 38.9 Å². The molecule has 1 saturated heterocycles. The molecule has 90 valence electrons. The third-order valence-electron chi connectivity index (χ3n) is 3.60. The Bertz CT molecular complexity index is 427. The highest BCUT2D eigenvalue weighted by Gasteiger charge is 2.51. The van der Waals surface area contributed by atoms with Gasteiger partial charge in [0.1, 0.15) is 0 Å². The highest BCUT2D eigenvalue weighted by Crippen LogP contribution is 2.36. The van der Waals surface area contributed by atoms with Gasteiger partial charge in [-0.15, -0.1) is 0 Å². The fourth-order valence-electron chi connectivity index (χ4n) is 1.77. The first-order valence-corrected chi connectivity index (χ1v) is 5.82. The van der Waals surface area contributed by atoms with Gasteiger partial charge >= 0.3 is 7.12 Å². The van der Waals surface area contributed by atoms with E-state index in [0.717, 1.165) is 11.0 Å². The van der Waals surface area contributed by atoms with E-state index in [2.05, 4.69) is 0 Å². The van der Waals surface area contributed by atoms with Gasteiger partial charge in [-0.3, -0.25) is 0 Å². The minimum absolute atomic E-state index is 0.321. The summed E-state index contributed by atoms with van der Waals surface area (Å²) >= 11 is 0. The fourth-order valence-corrected chi connectivity index (χ4v) is 1.77. The van der Waals surface area contributed by atoms with Crippen LogP contribution in [0.25, 0.3) is 0 Å². The molecule has 1 aromatic carbocycles. The third-order valence-corrected chi connectivity index (χ3v) is 3.60. The summed E-state index contributed by atoms with van der Waals surface area (Å²) in [4.78, 5) is 0. The molecule has 1 aliphatic rings. The second kappa shape index (κ2) is 3.96. The normalized spacial score (nSPS) is 21.5. The van der Waals surface area contributed by atoms with E-state index in [1.54, 1.807) is 0 Å². The van der Waals surface area contributed by atoms with Crippen molar-refractivity contribution >= 4 is 18.8 Å². The van der Waals surface area contributed by atoms with Gasteiger partial charge in [0.25, 0.3) is 0 Å². The van der Waals surface area contributed by atoms with E-state index in [1.807, 2.05) is 52.0 Å². The van der Waals surface area contributed by atoms with Crippen LogP contribution < -0.4 is 5.46 Å². The maximum Gasteiger partial charge on any atom is 0.494 e. The van der Waals surface area contributed by atoms with Crippen molar-refractivity contribution in [3.05, 3.63) is 29.8 Å². The van der Waals surface area contributed by atoms with Gasteiger partial charge in [0.2, 0.25) is 0 Å². The lowest BCUT2D eigenvalue weighted by Gasteiger charge is -2.32. The summed E-state index contributed by atoms with van der Waals surface area (Å²) in [5, 5.41) is 7.26. The fraction of sp³-hybridized carbons (Fsp3) is 0.462. The smallest absolute Gasteiger partial charge is 0.399 e. The molecule has 0 aromatic heterocycles. The lowest BCUT2D eigenvalue weighted by molar-refractivity contribution is 0.00578. The summed E-state index contributed by atoms with van der Waals surface area (Å²) in [6.07, 6.45) is 1.33. The van der Waals surface area contributed by atoms with E-state index < -0.39 is 0 Å². The molecule has 1 N–H and O–H groups in total. The van der Waals surface area contributed by atoms with Crippen molar-refractivity contribution in [3.63, 3.8) is 0 Å². The van der Waals surface area contributed by atoms with Crippen LogP contribution in [-0.4, -0.2) is 24.5 Å². The molecule has 0 unspecified atom stereocenters. The Hall–Kier alpha value is -1.13. The molecule has 1 heterocycles. The summed E-state index contributed by atoms with van der Waals surface area (Å²) in [6.45, 7) is 8.14. The van der Waals surface area contributed by atoms with Gasteiger partial charge in [-0.25, -0.2) is 0 Å². The molecule has 0 amide bonds. The highest BCUT2D eigenvalue weighted by molar-refractivity contribution is 6.62. The Morgan fingerprint density at radius 2 is 1.71 bits per heavy atom. The minimum atomic E-state index is -0.347. The molecule has 2 rings (SSSR count). The van der Waals surface area contributed by atoms with E-state index in [1.165, 1.54) is 6.21 Å². The molecule has 0 saturated carbocycles. The van der Waals surface area contributed by atoms with E-state index >= 15 is 0 Å². The van der Waals surface area contributed by atoms with Crippen LogP contribution in [-0.2, 0) is 9.31 Å². The molecule has 0 aliphatic carbocycles. The Labute approximate surface area is 103 Å². The maximum absolute atomic E-state index is 7.26. The van der Waals surface area contributed by atoms with Gasteiger partial charge in [-0.2, -0.15) is 0 Å². The highest BCUT2D eigenvalue weighted by atomic mass is 16.7. The second-order valence-corrected chi connectivity index (χ2v) is 5.40. The van der Waals surface area contributed by atoms with Gasteiger partial charge in [-0.1, -0.05) is 24.3 Å². The quantitative estimate of drug-likeness (QED) is 0.624. The number of benzene rings is 1. The first kappa shape index (κ1) is 12.3. The molecule has 1 aromatic rings. The summed E-state index contributed by atoms with van der Waals surface area (Å²) in [5.41, 5.74) is 1.18. The topological polar surface area (TPSA) is 42.3 Å². The van der Waals surface area contributed by atoms with Crippen LogP contribution in [0.3, 0.4) is 0 Å². The second-order valence-electron chi connectivity index (χ2n) is 5.40. The maximum atomic E-state index is 7.26. The molecular weight excluding hydrogens is 213 g/mol. The van der Waals surface area contributed by atoms with Crippen molar-refractivity contribution in [2.75, 3.05) is 0 Å². The standard InChI is InChI=1S/C13H18BNO2/c1-12(2)13(3,4)17-14(16-12)11-7-5-6-10(8-11)9-15/h5-9,15H,1-4H3. The van der Waals surface area contributed by atoms with Gasteiger partial charge < -0.3 is 14.7 Å². The SMILES string of the molecule is CC1(C)OB(c2cccc(C=N)c2)OC1(C)C. The molecule has 1 aliphatic heterocycles. The van der Waals surface area contributed by atoms with Crippen molar-refractivity contribution in [1.29, 1.82) is 5.41 Å². The Morgan fingerprint density at radius 3 is 2.24 bits per heavy atom. The average Bonchev–Trinajstić information content (AvgIpc) is 2.48. The van der Waals surface area contributed by atoms with Crippen LogP contribution in [0.15, 0.2) is 24.3 Å². The van der Waals surface area contributed by atoms with Crippen molar-refractivity contribution in [1.82, 2.24) is 0 Å². The van der Waals surface area contributed by atoms with Crippen molar-refractivity contribution in [3.8, 4) is 0 Å². The Kier molecular flexibility index (Phi) is 2.88. The van der Waals surface area contributed by atoms with Gasteiger partial charge in [0, 0.05) is 6.21 Å². The molecule has 0 bridgehead atoms. The zero-order valence-corrected chi connectivity index (χ0v) is 10.8. The molecule has 0 atom stereocenters. The summed E-state index contributed by atoms with van der Waals surface area (Å²) in [5.74, 6) is 0. The monoisotopic (exact) mass is 231 g/mol. The number of nitrogens with one attached hydrogen (secondary N) is 1. The van der Waals surface area contributed by atoms with Crippen LogP contribution >= 0.6 is 0 Å². The van der Waals surface area contributed by atoms with Gasteiger partial charge in [0.05, 0.1) is 11.2 Å². The van der Waals surface area contributed by atoms with Crippen LogP contribution in [0.4, 0.5) is 0 Å². The van der Waals surface area contributed by atoms with Gasteiger partial charge in [-0.05, 0) is 38.7 Å². The average molecular weight is 231 g/mol. The zero-order valence-electron chi connectivity index (χ0n) is 10.8. The molecule has 1 fully saturated rings. The van der Waals surface area contributed by atoms with E-state index in [-0.39, 0.29) is 18.3 Å². The van der Waals surface area contributed by atoms with Crippen LogP contribution in [0.5, 0.6) is 0 Å². The third kappa shape index (κ3) is 2.15. The lowest BCUT2D eigenvalue weighted by atomic mass is 9.78. The van der Waals surface area contributed by atoms with E-state index in [4.69, 9.17) is 14.7 Å². The molecule has 0 spiro atoms. The first-order valence-electron chi connectivity index (χ1n) is 5.82. The predicted molar refractivity (Wildman–Crippen MR) is 70.0 cm³/mol. The summed E-state index contributed by atoms with van der Waals surface area (Å²) < 4.78 is 11.9. The molecule has 0 radical (unpaired) electrons.